The minimum Gasteiger partial charge on any atom is -0.508 e. The van der Waals surface area contributed by atoms with Gasteiger partial charge in [0, 0.05) is 29.9 Å². The van der Waals surface area contributed by atoms with Crippen molar-refractivity contribution in [3.63, 3.8) is 0 Å². The van der Waals surface area contributed by atoms with Gasteiger partial charge in [-0.1, -0.05) is 30.3 Å². The number of carboxylic acids is 2. The molecule has 2 aromatic carbocycles. The van der Waals surface area contributed by atoms with Crippen molar-refractivity contribution in [1.29, 1.82) is 0 Å². The normalized spacial score (nSPS) is 13.7. The van der Waals surface area contributed by atoms with E-state index < -0.39 is 66.2 Å². The Morgan fingerprint density at radius 1 is 0.795 bits per heavy atom. The lowest BCUT2D eigenvalue weighted by Crippen LogP contribution is -2.58. The molecule has 44 heavy (non-hydrogen) atoms. The predicted molar refractivity (Wildman–Crippen MR) is 156 cm³/mol. The third kappa shape index (κ3) is 9.55. The fourth-order valence-electron chi connectivity index (χ4n) is 4.46. The number of nitrogens with two attached hydrogens (primary N) is 2. The first-order chi connectivity index (χ1) is 20.8. The largest absolute Gasteiger partial charge is 0.508 e. The molecule has 0 saturated heterocycles. The molecule has 0 fully saturated rings. The molecule has 0 bridgehead atoms. The lowest BCUT2D eigenvalue weighted by Gasteiger charge is -2.24. The molecule has 3 rings (SSSR count). The zero-order valence-electron chi connectivity index (χ0n) is 23.5. The maximum absolute atomic E-state index is 13.4. The molecule has 234 valence electrons. The lowest BCUT2D eigenvalue weighted by molar-refractivity contribution is -0.143. The van der Waals surface area contributed by atoms with Crippen LogP contribution in [-0.2, 0) is 41.6 Å². The number of rotatable bonds is 16. The number of amides is 4. The second-order valence-corrected chi connectivity index (χ2v) is 10.2. The van der Waals surface area contributed by atoms with E-state index in [9.17, 15) is 44.1 Å². The maximum atomic E-state index is 13.4. The summed E-state index contributed by atoms with van der Waals surface area (Å²) in [6.45, 7) is 0. The van der Waals surface area contributed by atoms with E-state index in [4.69, 9.17) is 11.5 Å². The molecule has 4 atom stereocenters. The summed E-state index contributed by atoms with van der Waals surface area (Å²) in [4.78, 5) is 77.1. The van der Waals surface area contributed by atoms with E-state index in [1.807, 2.05) is 0 Å². The van der Waals surface area contributed by atoms with E-state index in [0.717, 1.165) is 10.9 Å². The fraction of sp³-hybridized carbons (Fsp3) is 0.310. The number of phenols is 1. The summed E-state index contributed by atoms with van der Waals surface area (Å²) in [6.07, 6.45) is 0.00642. The minimum atomic E-state index is -1.64. The van der Waals surface area contributed by atoms with Gasteiger partial charge in [-0.2, -0.15) is 0 Å². The highest BCUT2D eigenvalue weighted by atomic mass is 16.4. The van der Waals surface area contributed by atoms with Crippen molar-refractivity contribution in [3.05, 3.63) is 65.9 Å². The van der Waals surface area contributed by atoms with Gasteiger partial charge in [0.15, 0.2) is 0 Å². The molecule has 15 nitrogen and oxygen atoms in total. The number of primary amides is 1. The second-order valence-electron chi connectivity index (χ2n) is 10.2. The highest BCUT2D eigenvalue weighted by Crippen LogP contribution is 2.19. The van der Waals surface area contributed by atoms with Gasteiger partial charge in [0.05, 0.1) is 12.5 Å². The number of carbonyl (C=O) groups excluding carboxylic acids is 4. The molecule has 0 radical (unpaired) electrons. The minimum absolute atomic E-state index is 0.0127. The van der Waals surface area contributed by atoms with Crippen LogP contribution in [0.3, 0.4) is 0 Å². The summed E-state index contributed by atoms with van der Waals surface area (Å²) >= 11 is 0. The number of para-hydroxylation sites is 1. The molecule has 1 aromatic heterocycles. The predicted octanol–water partition coefficient (Wildman–Crippen LogP) is -0.735. The van der Waals surface area contributed by atoms with Crippen molar-refractivity contribution >= 4 is 46.5 Å². The lowest BCUT2D eigenvalue weighted by atomic mass is 10.0. The molecule has 1 heterocycles. The highest BCUT2D eigenvalue weighted by Gasteiger charge is 2.32. The van der Waals surface area contributed by atoms with Gasteiger partial charge in [0.1, 0.15) is 23.9 Å². The van der Waals surface area contributed by atoms with Crippen molar-refractivity contribution in [3.8, 4) is 5.75 Å². The molecule has 4 amide bonds. The van der Waals surface area contributed by atoms with Crippen LogP contribution in [0.2, 0.25) is 0 Å². The standard InChI is InChI=1S/C29H34N6O9/c30-19(11-15-5-7-17(36)8-6-15)26(40)34-23(13-25(38)39)28(42)35-22(12-16-14-32-20-4-2-1-3-18(16)20)27(41)33-21(29(43)44)9-10-24(31)37/h1-8,14,19,21-23,32,36H,9-13,30H2,(H2,31,37)(H,33,41)(H,34,40)(H,35,42)(H,38,39)(H,43,44). The van der Waals surface area contributed by atoms with Crippen LogP contribution in [0.4, 0.5) is 0 Å². The Bertz CT molecular complexity index is 1520. The van der Waals surface area contributed by atoms with Crippen LogP contribution in [0, 0.1) is 0 Å². The highest BCUT2D eigenvalue weighted by molar-refractivity contribution is 5.96. The van der Waals surface area contributed by atoms with Crippen molar-refractivity contribution in [2.45, 2.75) is 56.3 Å². The Balaban J connectivity index is 1.82. The Morgan fingerprint density at radius 3 is 2.05 bits per heavy atom. The van der Waals surface area contributed by atoms with E-state index >= 15 is 0 Å². The third-order valence-electron chi connectivity index (χ3n) is 6.77. The monoisotopic (exact) mass is 610 g/mol. The van der Waals surface area contributed by atoms with Gasteiger partial charge in [-0.05, 0) is 42.2 Å². The van der Waals surface area contributed by atoms with E-state index in [0.29, 0.717) is 11.1 Å². The summed E-state index contributed by atoms with van der Waals surface area (Å²) in [6, 6.07) is 7.26. The van der Waals surface area contributed by atoms with Gasteiger partial charge in [-0.25, -0.2) is 4.79 Å². The number of aromatic nitrogens is 1. The summed E-state index contributed by atoms with van der Waals surface area (Å²) in [7, 11) is 0. The molecule has 15 heteroatoms. The van der Waals surface area contributed by atoms with Crippen molar-refractivity contribution in [2.75, 3.05) is 0 Å². The maximum Gasteiger partial charge on any atom is 0.326 e. The second kappa shape index (κ2) is 15.2. The van der Waals surface area contributed by atoms with Crippen LogP contribution < -0.4 is 27.4 Å². The van der Waals surface area contributed by atoms with Crippen LogP contribution in [0.25, 0.3) is 10.9 Å². The van der Waals surface area contributed by atoms with Gasteiger partial charge in [-0.3, -0.25) is 24.0 Å². The van der Waals surface area contributed by atoms with Crippen molar-refractivity contribution < 1.29 is 44.1 Å². The topological polar surface area (TPSA) is 267 Å². The summed E-state index contributed by atoms with van der Waals surface area (Å²) < 4.78 is 0. The zero-order valence-corrected chi connectivity index (χ0v) is 23.5. The van der Waals surface area contributed by atoms with Gasteiger partial charge >= 0.3 is 11.9 Å². The number of aromatic hydroxyl groups is 1. The van der Waals surface area contributed by atoms with Gasteiger partial charge < -0.3 is 47.7 Å². The summed E-state index contributed by atoms with van der Waals surface area (Å²) in [5.74, 6) is -6.41. The Kier molecular flexibility index (Phi) is 11.4. The van der Waals surface area contributed by atoms with E-state index in [1.165, 1.54) is 12.1 Å². The summed E-state index contributed by atoms with van der Waals surface area (Å²) in [5.41, 5.74) is 13.0. The molecular weight excluding hydrogens is 576 g/mol. The van der Waals surface area contributed by atoms with Crippen LogP contribution in [0.15, 0.2) is 54.7 Å². The first-order valence-electron chi connectivity index (χ1n) is 13.6. The van der Waals surface area contributed by atoms with Gasteiger partial charge in [0.25, 0.3) is 0 Å². The van der Waals surface area contributed by atoms with E-state index in [1.54, 1.807) is 42.6 Å². The van der Waals surface area contributed by atoms with Crippen LogP contribution >= 0.6 is 0 Å². The number of hydrogen-bond acceptors (Lipinski definition) is 8. The average molecular weight is 611 g/mol. The smallest absolute Gasteiger partial charge is 0.326 e. The SMILES string of the molecule is NC(=O)CCC(NC(=O)C(Cc1c[nH]c2ccccc12)NC(=O)C(CC(=O)O)NC(=O)C(N)Cc1ccc(O)cc1)C(=O)O. The number of nitrogens with one attached hydrogen (secondary N) is 4. The van der Waals surface area contributed by atoms with Crippen LogP contribution in [0.5, 0.6) is 5.75 Å². The van der Waals surface area contributed by atoms with Crippen molar-refractivity contribution in [1.82, 2.24) is 20.9 Å². The first-order valence-corrected chi connectivity index (χ1v) is 13.6. The molecule has 0 aliphatic carbocycles. The number of aromatic amines is 1. The van der Waals surface area contributed by atoms with E-state index in [2.05, 4.69) is 20.9 Å². The number of aliphatic carboxylic acids is 2. The number of carbonyl (C=O) groups is 6. The number of benzene rings is 2. The summed E-state index contributed by atoms with van der Waals surface area (Å²) in [5, 5.41) is 36.2. The van der Waals surface area contributed by atoms with Gasteiger partial charge in [-0.15, -0.1) is 0 Å². The van der Waals surface area contributed by atoms with E-state index in [-0.39, 0.29) is 31.4 Å². The molecule has 4 unspecified atom stereocenters. The number of carboxylic acid groups (broad SMARTS) is 2. The Labute approximate surface area is 251 Å². The molecule has 11 N–H and O–H groups in total. The molecule has 0 aliphatic rings. The molecular formula is C29H34N6O9. The fourth-order valence-corrected chi connectivity index (χ4v) is 4.46. The Hall–Kier alpha value is -5.44. The number of hydrogen-bond donors (Lipinski definition) is 9. The molecule has 0 aliphatic heterocycles. The molecule has 0 spiro atoms. The van der Waals surface area contributed by atoms with Gasteiger partial charge in [0.2, 0.25) is 23.6 Å². The Morgan fingerprint density at radius 2 is 1.41 bits per heavy atom. The quantitative estimate of drug-likeness (QED) is 0.0980. The van der Waals surface area contributed by atoms with Crippen LogP contribution in [-0.4, -0.2) is 80.0 Å². The van der Waals surface area contributed by atoms with Crippen LogP contribution in [0.1, 0.15) is 30.4 Å². The average Bonchev–Trinajstić information content (AvgIpc) is 3.37. The number of fused-ring (bicyclic) bond motifs is 1. The first kappa shape index (κ1) is 33.1. The molecule has 3 aromatic rings. The third-order valence-corrected chi connectivity index (χ3v) is 6.77. The van der Waals surface area contributed by atoms with Crippen molar-refractivity contribution in [2.24, 2.45) is 11.5 Å². The molecule has 0 saturated carbocycles. The zero-order chi connectivity index (χ0) is 32.4. The number of H-pyrrole nitrogens is 1. The number of phenolic OH excluding ortho intramolecular Hbond substituents is 1.